The highest BCUT2D eigenvalue weighted by molar-refractivity contribution is 7.89. The Balaban J connectivity index is 2.16. The van der Waals surface area contributed by atoms with Crippen molar-refractivity contribution in [2.75, 3.05) is 25.4 Å². The van der Waals surface area contributed by atoms with E-state index in [-0.39, 0.29) is 18.2 Å². The standard InChI is InChI=1S/C20H33N3O4S/c1-14(2)13-28(25)22-18(16-8-7-15(3)11-21-16)17-12-23(9-10-26-17)19(24)27-20(4,5)6/h7-8,11,14,17-18,22H,9-10,12-13H2,1-6H3/t17-,18?,28?/m1/s1. The highest BCUT2D eigenvalue weighted by Gasteiger charge is 2.36. The summed E-state index contributed by atoms with van der Waals surface area (Å²) in [5, 5.41) is 0. The highest BCUT2D eigenvalue weighted by Crippen LogP contribution is 2.24. The molecule has 7 nitrogen and oxygen atoms in total. The van der Waals surface area contributed by atoms with Gasteiger partial charge in [0.25, 0.3) is 0 Å². The first-order valence-corrected chi connectivity index (χ1v) is 11.0. The number of rotatable bonds is 6. The fraction of sp³-hybridized carbons (Fsp3) is 0.700. The quantitative estimate of drug-likeness (QED) is 0.724. The second-order valence-electron chi connectivity index (χ2n) is 8.60. The molecule has 2 rings (SSSR count). The number of morpholine rings is 1. The molecular weight excluding hydrogens is 378 g/mol. The number of aromatic nitrogens is 1. The van der Waals surface area contributed by atoms with Crippen LogP contribution in [0.1, 0.15) is 51.9 Å². The number of ether oxygens (including phenoxy) is 2. The number of carbonyl (C=O) groups is 1. The minimum atomic E-state index is -1.23. The van der Waals surface area contributed by atoms with Gasteiger partial charge in [-0.2, -0.15) is 0 Å². The molecule has 1 N–H and O–H groups in total. The predicted molar refractivity (Wildman–Crippen MR) is 110 cm³/mol. The Bertz CT molecular complexity index is 633. The summed E-state index contributed by atoms with van der Waals surface area (Å²) in [6.07, 6.45) is 1.05. The van der Waals surface area contributed by atoms with Crippen molar-refractivity contribution < 1.29 is 18.8 Å². The number of nitrogens with zero attached hydrogens (tertiary/aromatic N) is 2. The summed E-state index contributed by atoms with van der Waals surface area (Å²) in [5.41, 5.74) is 1.24. The van der Waals surface area contributed by atoms with Crippen LogP contribution in [-0.4, -0.2) is 57.7 Å². The Morgan fingerprint density at radius 1 is 1.46 bits per heavy atom. The third-order valence-corrected chi connectivity index (χ3v) is 5.60. The van der Waals surface area contributed by atoms with Crippen LogP contribution >= 0.6 is 0 Å². The summed E-state index contributed by atoms with van der Waals surface area (Å²) in [5.74, 6) is 0.829. The van der Waals surface area contributed by atoms with Crippen molar-refractivity contribution in [1.82, 2.24) is 14.6 Å². The Labute approximate surface area is 171 Å². The van der Waals surface area contributed by atoms with E-state index in [1.54, 1.807) is 11.1 Å². The van der Waals surface area contributed by atoms with Crippen LogP contribution in [0.4, 0.5) is 4.79 Å². The molecule has 28 heavy (non-hydrogen) atoms. The first-order valence-electron chi connectivity index (χ1n) is 9.72. The first kappa shape index (κ1) is 22.9. The number of pyridine rings is 1. The summed E-state index contributed by atoms with van der Waals surface area (Å²) in [6, 6.07) is 3.50. The molecule has 2 unspecified atom stereocenters. The molecule has 158 valence electrons. The van der Waals surface area contributed by atoms with Crippen LogP contribution in [0.15, 0.2) is 18.3 Å². The molecule has 1 aromatic rings. The summed E-state index contributed by atoms with van der Waals surface area (Å²) < 4.78 is 27.2. The zero-order valence-corrected chi connectivity index (χ0v) is 18.5. The van der Waals surface area contributed by atoms with Gasteiger partial charge in [-0.25, -0.2) is 4.79 Å². The number of hydrogen-bond donors (Lipinski definition) is 1. The second kappa shape index (κ2) is 9.91. The molecule has 0 radical (unpaired) electrons. The molecule has 2 heterocycles. The van der Waals surface area contributed by atoms with Crippen molar-refractivity contribution in [3.63, 3.8) is 0 Å². The van der Waals surface area contributed by atoms with Crippen LogP contribution < -0.4 is 4.72 Å². The van der Waals surface area contributed by atoms with Crippen molar-refractivity contribution in [1.29, 1.82) is 0 Å². The molecule has 1 amide bonds. The molecule has 8 heteroatoms. The maximum atomic E-state index is 12.6. The molecule has 1 saturated heterocycles. The van der Waals surface area contributed by atoms with Gasteiger partial charge < -0.3 is 18.9 Å². The van der Waals surface area contributed by atoms with Crippen molar-refractivity contribution in [2.24, 2.45) is 5.92 Å². The van der Waals surface area contributed by atoms with Gasteiger partial charge in [0, 0.05) is 24.1 Å². The largest absolute Gasteiger partial charge is 0.598 e. The van der Waals surface area contributed by atoms with Crippen molar-refractivity contribution in [3.8, 4) is 0 Å². The lowest BCUT2D eigenvalue weighted by Gasteiger charge is -2.37. The SMILES string of the molecule is Cc1ccc(C(N[S+]([O-])CC(C)C)[C@H]2CN(C(=O)OC(C)(C)C)CCO2)nc1. The van der Waals surface area contributed by atoms with Crippen LogP contribution in [0.3, 0.4) is 0 Å². The van der Waals surface area contributed by atoms with Crippen LogP contribution in [-0.2, 0) is 20.8 Å². The Kier molecular flexibility index (Phi) is 8.12. The van der Waals surface area contributed by atoms with E-state index in [0.717, 1.165) is 11.3 Å². The van der Waals surface area contributed by atoms with Gasteiger partial charge in [0.05, 0.1) is 18.8 Å². The maximum Gasteiger partial charge on any atom is 0.410 e. The third-order valence-electron chi connectivity index (χ3n) is 4.11. The van der Waals surface area contributed by atoms with E-state index in [9.17, 15) is 9.35 Å². The van der Waals surface area contributed by atoms with Crippen LogP contribution in [0, 0.1) is 12.8 Å². The van der Waals surface area contributed by atoms with Crippen molar-refractivity contribution in [2.45, 2.75) is 59.3 Å². The second-order valence-corrected chi connectivity index (χ2v) is 9.86. The smallest absolute Gasteiger partial charge is 0.410 e. The molecule has 0 aliphatic carbocycles. The summed E-state index contributed by atoms with van der Waals surface area (Å²) in [6.45, 7) is 12.8. The van der Waals surface area contributed by atoms with Gasteiger partial charge in [-0.1, -0.05) is 19.9 Å². The third kappa shape index (κ3) is 7.24. The van der Waals surface area contributed by atoms with Crippen molar-refractivity contribution >= 4 is 17.5 Å². The van der Waals surface area contributed by atoms with E-state index in [2.05, 4.69) is 9.71 Å². The lowest BCUT2D eigenvalue weighted by atomic mass is 10.1. The van der Waals surface area contributed by atoms with E-state index in [4.69, 9.17) is 9.47 Å². The first-order chi connectivity index (χ1) is 13.0. The molecule has 1 fully saturated rings. The Morgan fingerprint density at radius 3 is 2.75 bits per heavy atom. The molecule has 3 atom stereocenters. The Morgan fingerprint density at radius 2 is 2.18 bits per heavy atom. The average Bonchev–Trinajstić information content (AvgIpc) is 2.58. The zero-order chi connectivity index (χ0) is 20.9. The molecule has 0 aromatic carbocycles. The molecule has 1 aliphatic rings. The summed E-state index contributed by atoms with van der Waals surface area (Å²) in [4.78, 5) is 18.6. The lowest BCUT2D eigenvalue weighted by molar-refractivity contribution is -0.0532. The number of hydrogen-bond acceptors (Lipinski definition) is 6. The van der Waals surface area contributed by atoms with Crippen LogP contribution in [0.5, 0.6) is 0 Å². The molecule has 0 bridgehead atoms. The Hall–Kier alpha value is -1.35. The minimum absolute atomic E-state index is 0.297. The van der Waals surface area contributed by atoms with Gasteiger partial charge in [0.1, 0.15) is 23.5 Å². The number of amides is 1. The summed E-state index contributed by atoms with van der Waals surface area (Å²) in [7, 11) is 0. The number of nitrogens with one attached hydrogen (secondary N) is 1. The topological polar surface area (TPSA) is 86.8 Å². The monoisotopic (exact) mass is 411 g/mol. The maximum absolute atomic E-state index is 12.6. The van der Waals surface area contributed by atoms with E-state index >= 15 is 0 Å². The lowest BCUT2D eigenvalue weighted by Crippen LogP contribution is -2.52. The minimum Gasteiger partial charge on any atom is -0.598 e. The van der Waals surface area contributed by atoms with E-state index in [1.165, 1.54) is 0 Å². The zero-order valence-electron chi connectivity index (χ0n) is 17.7. The van der Waals surface area contributed by atoms with Gasteiger partial charge in [-0.3, -0.25) is 4.98 Å². The fourth-order valence-corrected chi connectivity index (χ4v) is 4.11. The highest BCUT2D eigenvalue weighted by atomic mass is 32.2. The molecular formula is C20H33N3O4S. The molecule has 1 aromatic heterocycles. The van der Waals surface area contributed by atoms with Crippen LogP contribution in [0.25, 0.3) is 0 Å². The number of carbonyl (C=O) groups excluding carboxylic acids is 1. The van der Waals surface area contributed by atoms with Gasteiger partial charge in [0.15, 0.2) is 0 Å². The van der Waals surface area contributed by atoms with Gasteiger partial charge in [0.2, 0.25) is 0 Å². The molecule has 0 saturated carbocycles. The van der Waals surface area contributed by atoms with E-state index in [0.29, 0.717) is 31.4 Å². The van der Waals surface area contributed by atoms with Crippen molar-refractivity contribution in [3.05, 3.63) is 29.6 Å². The van der Waals surface area contributed by atoms with Gasteiger partial charge in [-0.15, -0.1) is 4.72 Å². The predicted octanol–water partition coefficient (Wildman–Crippen LogP) is 2.98. The van der Waals surface area contributed by atoms with Crippen LogP contribution in [0.2, 0.25) is 0 Å². The molecule has 1 aliphatic heterocycles. The van der Waals surface area contributed by atoms with E-state index in [1.807, 2.05) is 53.7 Å². The van der Waals surface area contributed by atoms with Gasteiger partial charge in [-0.05, 0) is 45.2 Å². The number of aryl methyl sites for hydroxylation is 1. The normalized spacial score (nSPS) is 20.1. The molecule has 0 spiro atoms. The average molecular weight is 412 g/mol. The van der Waals surface area contributed by atoms with E-state index < -0.39 is 17.0 Å². The van der Waals surface area contributed by atoms with Gasteiger partial charge >= 0.3 is 6.09 Å². The fourth-order valence-electron chi connectivity index (χ4n) is 2.85. The summed E-state index contributed by atoms with van der Waals surface area (Å²) >= 11 is -1.23.